The predicted molar refractivity (Wildman–Crippen MR) is 78.0 cm³/mol. The molecule has 2 aromatic rings. The van der Waals surface area contributed by atoms with Crippen LogP contribution in [0.15, 0.2) is 35.4 Å². The fourth-order valence-electron chi connectivity index (χ4n) is 1.58. The molecule has 0 aliphatic rings. The Labute approximate surface area is 134 Å². The number of halogens is 4. The third kappa shape index (κ3) is 4.09. The summed E-state index contributed by atoms with van der Waals surface area (Å²) in [7, 11) is -2.29. The van der Waals surface area contributed by atoms with Gasteiger partial charge in [0.15, 0.2) is 0 Å². The second-order valence-electron chi connectivity index (χ2n) is 4.25. The van der Waals surface area contributed by atoms with Crippen LogP contribution in [0.5, 0.6) is 0 Å². The third-order valence-corrected chi connectivity index (χ3v) is 4.46. The predicted octanol–water partition coefficient (Wildman–Crippen LogP) is 2.80. The quantitative estimate of drug-likeness (QED) is 0.813. The van der Waals surface area contributed by atoms with Crippen molar-refractivity contribution in [1.29, 1.82) is 0 Å². The molecule has 1 heterocycles. The van der Waals surface area contributed by atoms with Gasteiger partial charge in [-0.3, -0.25) is 0 Å². The maximum Gasteiger partial charge on any atom is 0.420 e. The summed E-state index contributed by atoms with van der Waals surface area (Å²) in [5.74, 6) is -0.146. The largest absolute Gasteiger partial charge is 0.420 e. The second kappa shape index (κ2) is 6.30. The Morgan fingerprint density at radius 3 is 2.26 bits per heavy atom. The van der Waals surface area contributed by atoms with Gasteiger partial charge in [0.2, 0.25) is 16.0 Å². The SMILES string of the molecule is CNS(=O)(=O)c1ccc(Nc2ncc(C(F)(F)F)c(Cl)n2)cc1. The molecule has 2 N–H and O–H groups in total. The van der Waals surface area contributed by atoms with Crippen LogP contribution < -0.4 is 10.0 Å². The Balaban J connectivity index is 2.22. The zero-order valence-corrected chi connectivity index (χ0v) is 13.1. The number of sulfonamides is 1. The molecule has 0 bridgehead atoms. The topological polar surface area (TPSA) is 84.0 Å². The lowest BCUT2D eigenvalue weighted by atomic mass is 10.3. The van der Waals surface area contributed by atoms with Crippen molar-refractivity contribution in [2.75, 3.05) is 12.4 Å². The first kappa shape index (κ1) is 17.4. The van der Waals surface area contributed by atoms with E-state index in [2.05, 4.69) is 20.0 Å². The molecule has 6 nitrogen and oxygen atoms in total. The first-order valence-corrected chi connectivity index (χ1v) is 7.90. The van der Waals surface area contributed by atoms with Crippen LogP contribution in [0.4, 0.5) is 24.8 Å². The molecule has 0 aliphatic heterocycles. The lowest BCUT2D eigenvalue weighted by Crippen LogP contribution is -2.18. The fraction of sp³-hybridized carbons (Fsp3) is 0.167. The molecular weight excluding hydrogens is 357 g/mol. The van der Waals surface area contributed by atoms with Gasteiger partial charge in [-0.25, -0.2) is 23.1 Å². The molecule has 0 saturated heterocycles. The summed E-state index contributed by atoms with van der Waals surface area (Å²) in [6.45, 7) is 0. The van der Waals surface area contributed by atoms with Crippen LogP contribution in [-0.4, -0.2) is 25.4 Å². The van der Waals surface area contributed by atoms with Crippen LogP contribution in [0.25, 0.3) is 0 Å². The summed E-state index contributed by atoms with van der Waals surface area (Å²) in [5, 5.41) is 1.90. The van der Waals surface area contributed by atoms with Crippen molar-refractivity contribution in [2.24, 2.45) is 0 Å². The van der Waals surface area contributed by atoms with E-state index < -0.39 is 26.9 Å². The summed E-state index contributed by atoms with van der Waals surface area (Å²) in [6.07, 6.45) is -4.07. The molecule has 2 rings (SSSR count). The highest BCUT2D eigenvalue weighted by molar-refractivity contribution is 7.89. The molecule has 23 heavy (non-hydrogen) atoms. The van der Waals surface area contributed by atoms with Crippen molar-refractivity contribution < 1.29 is 21.6 Å². The summed E-state index contributed by atoms with van der Waals surface area (Å²) < 4.78 is 62.9. The zero-order valence-electron chi connectivity index (χ0n) is 11.5. The number of hydrogen-bond donors (Lipinski definition) is 2. The Morgan fingerprint density at radius 1 is 1.17 bits per heavy atom. The molecule has 0 unspecified atom stereocenters. The number of hydrogen-bond acceptors (Lipinski definition) is 5. The van der Waals surface area contributed by atoms with Gasteiger partial charge in [0.25, 0.3) is 0 Å². The minimum Gasteiger partial charge on any atom is -0.324 e. The van der Waals surface area contributed by atoms with E-state index in [1.54, 1.807) is 0 Å². The van der Waals surface area contributed by atoms with Crippen molar-refractivity contribution in [3.8, 4) is 0 Å². The van der Waals surface area contributed by atoms with Gasteiger partial charge in [-0.05, 0) is 31.3 Å². The van der Waals surface area contributed by atoms with Crippen molar-refractivity contribution in [3.63, 3.8) is 0 Å². The van der Waals surface area contributed by atoms with Gasteiger partial charge in [0, 0.05) is 11.9 Å². The highest BCUT2D eigenvalue weighted by Gasteiger charge is 2.34. The van der Waals surface area contributed by atoms with Crippen molar-refractivity contribution in [2.45, 2.75) is 11.1 Å². The smallest absolute Gasteiger partial charge is 0.324 e. The number of alkyl halides is 3. The minimum atomic E-state index is -4.64. The van der Waals surface area contributed by atoms with E-state index in [0.29, 0.717) is 11.9 Å². The zero-order chi connectivity index (χ0) is 17.3. The summed E-state index contributed by atoms with van der Waals surface area (Å²) in [6, 6.07) is 5.47. The molecule has 0 fully saturated rings. The van der Waals surface area contributed by atoms with Crippen LogP contribution in [0.1, 0.15) is 5.56 Å². The van der Waals surface area contributed by atoms with E-state index >= 15 is 0 Å². The average molecular weight is 367 g/mol. The Bertz CT molecular complexity index is 810. The lowest BCUT2D eigenvalue weighted by molar-refractivity contribution is -0.137. The van der Waals surface area contributed by atoms with Gasteiger partial charge in [-0.2, -0.15) is 13.2 Å². The van der Waals surface area contributed by atoms with Crippen molar-refractivity contribution >= 4 is 33.3 Å². The molecule has 124 valence electrons. The Morgan fingerprint density at radius 2 is 1.78 bits per heavy atom. The molecule has 0 amide bonds. The maximum atomic E-state index is 12.5. The molecule has 11 heteroatoms. The van der Waals surface area contributed by atoms with Gasteiger partial charge < -0.3 is 5.32 Å². The van der Waals surface area contributed by atoms with Crippen molar-refractivity contribution in [3.05, 3.63) is 41.2 Å². The van der Waals surface area contributed by atoms with E-state index in [-0.39, 0.29) is 10.8 Å². The number of benzene rings is 1. The van der Waals surface area contributed by atoms with Crippen LogP contribution in [-0.2, 0) is 16.2 Å². The van der Waals surface area contributed by atoms with Gasteiger partial charge >= 0.3 is 6.18 Å². The summed E-state index contributed by atoms with van der Waals surface area (Å²) >= 11 is 5.49. The average Bonchev–Trinajstić information content (AvgIpc) is 2.46. The highest BCUT2D eigenvalue weighted by Crippen LogP contribution is 2.33. The van der Waals surface area contributed by atoms with Gasteiger partial charge in [0.05, 0.1) is 4.90 Å². The Hall–Kier alpha value is -1.91. The first-order chi connectivity index (χ1) is 10.6. The van der Waals surface area contributed by atoms with E-state index in [1.807, 2.05) is 0 Å². The molecule has 0 radical (unpaired) electrons. The number of nitrogens with one attached hydrogen (secondary N) is 2. The normalized spacial score (nSPS) is 12.2. The molecule has 0 saturated carbocycles. The highest BCUT2D eigenvalue weighted by atomic mass is 35.5. The fourth-order valence-corrected chi connectivity index (χ4v) is 2.54. The number of rotatable bonds is 4. The van der Waals surface area contributed by atoms with E-state index in [4.69, 9.17) is 11.6 Å². The number of nitrogens with zero attached hydrogens (tertiary/aromatic N) is 2. The minimum absolute atomic E-state index is 0.0388. The van der Waals surface area contributed by atoms with E-state index in [0.717, 1.165) is 0 Å². The first-order valence-electron chi connectivity index (χ1n) is 6.04. The van der Waals surface area contributed by atoms with Crippen LogP contribution >= 0.6 is 11.6 Å². The van der Waals surface area contributed by atoms with E-state index in [9.17, 15) is 21.6 Å². The van der Waals surface area contributed by atoms with Crippen LogP contribution in [0, 0.1) is 0 Å². The molecule has 1 aromatic heterocycles. The van der Waals surface area contributed by atoms with Gasteiger partial charge in [-0.15, -0.1) is 0 Å². The Kier molecular flexibility index (Phi) is 4.78. The summed E-state index contributed by atoms with van der Waals surface area (Å²) in [4.78, 5) is 7.09. The monoisotopic (exact) mass is 366 g/mol. The molecular formula is C12H10ClF3N4O2S. The molecule has 0 aliphatic carbocycles. The molecule has 1 aromatic carbocycles. The standard InChI is InChI=1S/C12H10ClF3N4O2S/c1-17-23(21,22)8-4-2-7(3-5-8)19-11-18-6-9(10(13)20-11)12(14,15)16/h2-6,17H,1H3,(H,18,19,20). The van der Waals surface area contributed by atoms with Crippen LogP contribution in [0.3, 0.4) is 0 Å². The van der Waals surface area contributed by atoms with Crippen molar-refractivity contribution in [1.82, 2.24) is 14.7 Å². The van der Waals surface area contributed by atoms with Gasteiger partial charge in [-0.1, -0.05) is 11.6 Å². The third-order valence-electron chi connectivity index (χ3n) is 2.74. The number of aromatic nitrogens is 2. The number of anilines is 2. The lowest BCUT2D eigenvalue weighted by Gasteiger charge is -2.10. The summed E-state index contributed by atoms with van der Waals surface area (Å²) in [5.41, 5.74) is -0.754. The molecule has 0 spiro atoms. The second-order valence-corrected chi connectivity index (χ2v) is 6.50. The van der Waals surface area contributed by atoms with Crippen LogP contribution in [0.2, 0.25) is 5.15 Å². The molecule has 0 atom stereocenters. The van der Waals surface area contributed by atoms with E-state index in [1.165, 1.54) is 31.3 Å². The maximum absolute atomic E-state index is 12.5. The van der Waals surface area contributed by atoms with Gasteiger partial charge in [0.1, 0.15) is 10.7 Å².